The summed E-state index contributed by atoms with van der Waals surface area (Å²) in [5.41, 5.74) is 0.426. The van der Waals surface area contributed by atoms with Crippen LogP contribution in [0.2, 0.25) is 0 Å². The first kappa shape index (κ1) is 23.2. The Bertz CT molecular complexity index is 957. The molecule has 0 aromatic heterocycles. The van der Waals surface area contributed by atoms with Crippen LogP contribution in [0.3, 0.4) is 0 Å². The normalized spacial score (nSPS) is 14.2. The first-order valence-electron chi connectivity index (χ1n) is 9.03. The Kier molecular flexibility index (Phi) is 8.25. The van der Waals surface area contributed by atoms with E-state index < -0.39 is 40.2 Å². The molecule has 0 aliphatic carbocycles. The Labute approximate surface area is 174 Å². The fourth-order valence-corrected chi connectivity index (χ4v) is 3.00. The van der Waals surface area contributed by atoms with Crippen molar-refractivity contribution in [3.63, 3.8) is 0 Å². The number of rotatable bonds is 10. The Balaban J connectivity index is 2.23. The zero-order valence-electron chi connectivity index (χ0n) is 16.5. The molecule has 0 amide bonds. The van der Waals surface area contributed by atoms with Gasteiger partial charge in [-0.1, -0.05) is 43.3 Å². The van der Waals surface area contributed by atoms with Gasteiger partial charge in [0.15, 0.2) is 18.5 Å². The summed E-state index contributed by atoms with van der Waals surface area (Å²) >= 11 is 0. The van der Waals surface area contributed by atoms with Crippen molar-refractivity contribution in [2.45, 2.75) is 19.1 Å². The van der Waals surface area contributed by atoms with Gasteiger partial charge < -0.3 is 9.47 Å². The van der Waals surface area contributed by atoms with Crippen LogP contribution in [-0.2, 0) is 28.6 Å². The van der Waals surface area contributed by atoms with E-state index in [9.17, 15) is 22.8 Å². The van der Waals surface area contributed by atoms with E-state index in [1.165, 1.54) is 31.2 Å². The summed E-state index contributed by atoms with van der Waals surface area (Å²) in [7, 11) is -3.77. The molecule has 0 unspecified atom stereocenters. The van der Waals surface area contributed by atoms with Gasteiger partial charge in [0.2, 0.25) is 0 Å². The number of carbonyl (C=O) groups excluding carboxylic acids is 3. The number of hydrogen-bond acceptors (Lipinski definition) is 8. The lowest BCUT2D eigenvalue weighted by Crippen LogP contribution is -2.42. The van der Waals surface area contributed by atoms with Gasteiger partial charge in [-0.2, -0.15) is 8.42 Å². The van der Waals surface area contributed by atoms with Crippen LogP contribution < -0.4 is 0 Å². The van der Waals surface area contributed by atoms with Gasteiger partial charge in [-0.25, -0.2) is 9.59 Å². The van der Waals surface area contributed by atoms with Crippen LogP contribution in [0, 0.1) is 5.92 Å². The molecular weight excluding hydrogens is 412 g/mol. The molecule has 30 heavy (non-hydrogen) atoms. The van der Waals surface area contributed by atoms with E-state index in [2.05, 4.69) is 0 Å². The van der Waals surface area contributed by atoms with Crippen LogP contribution in [-0.4, -0.2) is 51.7 Å². The van der Waals surface area contributed by atoms with Crippen molar-refractivity contribution >= 4 is 28.3 Å². The third-order valence-electron chi connectivity index (χ3n) is 4.07. The topological polar surface area (TPSA) is 113 Å². The van der Waals surface area contributed by atoms with Crippen molar-refractivity contribution in [1.82, 2.24) is 0 Å². The van der Waals surface area contributed by atoms with E-state index in [0.29, 0.717) is 6.29 Å². The molecule has 0 fully saturated rings. The molecule has 3 atom stereocenters. The average molecular weight is 434 g/mol. The highest BCUT2D eigenvalue weighted by molar-refractivity contribution is 7.85. The van der Waals surface area contributed by atoms with Crippen LogP contribution in [0.1, 0.15) is 27.6 Å². The highest BCUT2D eigenvalue weighted by Crippen LogP contribution is 2.19. The minimum atomic E-state index is -3.77. The third-order valence-corrected chi connectivity index (χ3v) is 4.63. The molecule has 0 heterocycles. The van der Waals surface area contributed by atoms with Gasteiger partial charge in [-0.3, -0.25) is 8.98 Å². The zero-order chi connectivity index (χ0) is 22.1. The SMILES string of the molecule is C[C@H](COS(C)(=O)=O)[C@@H](OC(=O)c1ccccc1)[C@@H](C=O)OC(=O)c1ccccc1. The largest absolute Gasteiger partial charge is 0.454 e. The molecule has 8 nitrogen and oxygen atoms in total. The summed E-state index contributed by atoms with van der Waals surface area (Å²) in [6, 6.07) is 16.0. The molecule has 0 aliphatic heterocycles. The Morgan fingerprint density at radius 3 is 1.80 bits per heavy atom. The summed E-state index contributed by atoms with van der Waals surface area (Å²) in [4.78, 5) is 36.6. The molecule has 0 saturated carbocycles. The Morgan fingerprint density at radius 2 is 1.37 bits per heavy atom. The number of benzene rings is 2. The van der Waals surface area contributed by atoms with Crippen LogP contribution in [0.4, 0.5) is 0 Å². The summed E-state index contributed by atoms with van der Waals surface area (Å²) in [5.74, 6) is -2.33. The second-order valence-corrected chi connectivity index (χ2v) is 8.22. The third kappa shape index (κ3) is 7.09. The van der Waals surface area contributed by atoms with Crippen molar-refractivity contribution in [1.29, 1.82) is 0 Å². The van der Waals surface area contributed by atoms with E-state index in [4.69, 9.17) is 13.7 Å². The highest BCUT2D eigenvalue weighted by atomic mass is 32.2. The summed E-state index contributed by atoms with van der Waals surface area (Å²) in [6.45, 7) is 1.14. The van der Waals surface area contributed by atoms with E-state index in [1.807, 2.05) is 0 Å². The number of hydrogen-bond donors (Lipinski definition) is 0. The molecule has 0 radical (unpaired) electrons. The second kappa shape index (κ2) is 10.7. The van der Waals surface area contributed by atoms with Crippen molar-refractivity contribution in [3.8, 4) is 0 Å². The molecule has 2 aromatic rings. The number of carbonyl (C=O) groups is 3. The Morgan fingerprint density at radius 1 is 0.900 bits per heavy atom. The fraction of sp³-hybridized carbons (Fsp3) is 0.286. The standard InChI is InChI=1S/C21H22O8S/c1-15(14-27-30(2,25)26)19(29-21(24)17-11-7-4-8-12-17)18(13-22)28-20(23)16-9-5-3-6-10-16/h3-13,15,18-19H,14H2,1-2H3/t15-,18-,19-/m1/s1. The second-order valence-electron chi connectivity index (χ2n) is 6.57. The predicted octanol–water partition coefficient (Wildman–Crippen LogP) is 2.25. The maximum Gasteiger partial charge on any atom is 0.338 e. The molecule has 0 aliphatic rings. The maximum absolute atomic E-state index is 12.5. The molecule has 2 rings (SSSR count). The van der Waals surface area contributed by atoms with Gasteiger partial charge in [0, 0.05) is 5.92 Å². The molecule has 0 saturated heterocycles. The average Bonchev–Trinajstić information content (AvgIpc) is 2.74. The maximum atomic E-state index is 12.5. The quantitative estimate of drug-likeness (QED) is 0.318. The van der Waals surface area contributed by atoms with Gasteiger partial charge >= 0.3 is 11.9 Å². The van der Waals surface area contributed by atoms with Gasteiger partial charge in [0.05, 0.1) is 24.0 Å². The molecule has 0 N–H and O–H groups in total. The van der Waals surface area contributed by atoms with Crippen LogP contribution in [0.5, 0.6) is 0 Å². The van der Waals surface area contributed by atoms with Gasteiger partial charge in [-0.05, 0) is 24.3 Å². The predicted molar refractivity (Wildman–Crippen MR) is 107 cm³/mol. The van der Waals surface area contributed by atoms with Crippen molar-refractivity contribution in [2.75, 3.05) is 12.9 Å². The number of aldehydes is 1. The summed E-state index contributed by atoms with van der Waals surface area (Å²) in [5, 5.41) is 0. The monoisotopic (exact) mass is 434 g/mol. The van der Waals surface area contributed by atoms with Crippen LogP contribution in [0.15, 0.2) is 60.7 Å². The number of ether oxygens (including phenoxy) is 2. The van der Waals surface area contributed by atoms with Crippen LogP contribution >= 0.6 is 0 Å². The highest BCUT2D eigenvalue weighted by Gasteiger charge is 2.34. The molecule has 9 heteroatoms. The van der Waals surface area contributed by atoms with Crippen LogP contribution in [0.25, 0.3) is 0 Å². The zero-order valence-corrected chi connectivity index (χ0v) is 17.3. The molecular formula is C21H22O8S. The molecule has 0 spiro atoms. The lowest BCUT2D eigenvalue weighted by atomic mass is 10.0. The van der Waals surface area contributed by atoms with Gasteiger partial charge in [-0.15, -0.1) is 0 Å². The minimum absolute atomic E-state index is 0.206. The van der Waals surface area contributed by atoms with Crippen molar-refractivity contribution in [2.24, 2.45) is 5.92 Å². The minimum Gasteiger partial charge on any atom is -0.454 e. The van der Waals surface area contributed by atoms with Gasteiger partial charge in [0.25, 0.3) is 10.1 Å². The lowest BCUT2D eigenvalue weighted by molar-refractivity contribution is -0.124. The summed E-state index contributed by atoms with van der Waals surface area (Å²) < 4.78 is 38.1. The van der Waals surface area contributed by atoms with E-state index >= 15 is 0 Å². The van der Waals surface area contributed by atoms with E-state index in [1.54, 1.807) is 36.4 Å². The van der Waals surface area contributed by atoms with E-state index in [0.717, 1.165) is 6.26 Å². The summed E-state index contributed by atoms with van der Waals surface area (Å²) in [6.07, 6.45) is -1.54. The van der Waals surface area contributed by atoms with E-state index in [-0.39, 0.29) is 17.7 Å². The first-order chi connectivity index (χ1) is 14.2. The van der Waals surface area contributed by atoms with Crippen molar-refractivity contribution in [3.05, 3.63) is 71.8 Å². The lowest BCUT2D eigenvalue weighted by Gasteiger charge is -2.28. The molecule has 160 valence electrons. The fourth-order valence-electron chi connectivity index (χ4n) is 2.54. The molecule has 2 aromatic carbocycles. The van der Waals surface area contributed by atoms with Crippen molar-refractivity contribution < 1.29 is 36.5 Å². The smallest absolute Gasteiger partial charge is 0.338 e. The number of esters is 2. The first-order valence-corrected chi connectivity index (χ1v) is 10.8. The Hall–Kier alpha value is -3.04. The molecule has 0 bridgehead atoms. The van der Waals surface area contributed by atoms with Gasteiger partial charge in [0.1, 0.15) is 0 Å².